The van der Waals surface area contributed by atoms with E-state index >= 15 is 0 Å². The molecule has 0 radical (unpaired) electrons. The van der Waals surface area contributed by atoms with Crippen LogP contribution in [0.25, 0.3) is 11.1 Å². The third kappa shape index (κ3) is 2.87. The normalized spacial score (nSPS) is 10.8. The van der Waals surface area contributed by atoms with Gasteiger partial charge in [-0.3, -0.25) is 4.79 Å². The molecule has 1 aliphatic carbocycles. The first-order valence-corrected chi connectivity index (χ1v) is 8.41. The Kier molecular flexibility index (Phi) is 4.02. The second-order valence-corrected chi connectivity index (χ2v) is 6.20. The van der Waals surface area contributed by atoms with Gasteiger partial charge in [-0.1, -0.05) is 42.2 Å². The molecular formula is C24H12N2O. The average molecular weight is 344 g/mol. The summed E-state index contributed by atoms with van der Waals surface area (Å²) in [5, 5.41) is 18.0. The van der Waals surface area contributed by atoms with E-state index in [2.05, 4.69) is 24.0 Å². The highest BCUT2D eigenvalue weighted by Crippen LogP contribution is 2.37. The van der Waals surface area contributed by atoms with E-state index in [1.54, 1.807) is 18.2 Å². The summed E-state index contributed by atoms with van der Waals surface area (Å²) in [6.07, 6.45) is 0.310. The minimum atomic E-state index is -0.0781. The van der Waals surface area contributed by atoms with Crippen molar-refractivity contribution in [2.75, 3.05) is 0 Å². The van der Waals surface area contributed by atoms with Crippen molar-refractivity contribution >= 4 is 5.78 Å². The van der Waals surface area contributed by atoms with Crippen molar-refractivity contribution < 1.29 is 4.79 Å². The monoisotopic (exact) mass is 344 g/mol. The van der Waals surface area contributed by atoms with E-state index in [1.165, 1.54) is 0 Å². The number of hydrogen-bond donors (Lipinski definition) is 0. The lowest BCUT2D eigenvalue weighted by atomic mass is 10.0. The summed E-state index contributed by atoms with van der Waals surface area (Å²) in [6.45, 7) is 0. The Balaban J connectivity index is 1.73. The van der Waals surface area contributed by atoms with Crippen LogP contribution in [0.3, 0.4) is 0 Å². The third-order valence-corrected chi connectivity index (χ3v) is 4.58. The number of carbonyl (C=O) groups excluding carboxylic acids is 1. The number of hydrogen-bond acceptors (Lipinski definition) is 3. The molecule has 0 amide bonds. The number of nitrogens with zero attached hydrogens (tertiary/aromatic N) is 2. The zero-order chi connectivity index (χ0) is 18.8. The van der Waals surface area contributed by atoms with Crippen LogP contribution < -0.4 is 0 Å². The van der Waals surface area contributed by atoms with Gasteiger partial charge in [-0.25, -0.2) is 0 Å². The minimum Gasteiger partial charge on any atom is -0.289 e. The summed E-state index contributed by atoms with van der Waals surface area (Å²) in [4.78, 5) is 12.7. The molecule has 0 saturated carbocycles. The first-order valence-electron chi connectivity index (χ1n) is 8.41. The maximum atomic E-state index is 12.7. The third-order valence-electron chi connectivity index (χ3n) is 4.58. The molecule has 1 aliphatic rings. The van der Waals surface area contributed by atoms with Crippen molar-refractivity contribution in [1.82, 2.24) is 0 Å². The van der Waals surface area contributed by atoms with E-state index in [4.69, 9.17) is 10.5 Å². The van der Waals surface area contributed by atoms with Crippen LogP contribution in [-0.4, -0.2) is 5.78 Å². The van der Waals surface area contributed by atoms with Gasteiger partial charge in [0.05, 0.1) is 24.1 Å². The van der Waals surface area contributed by atoms with Crippen LogP contribution in [0.15, 0.2) is 60.7 Å². The Labute approximate surface area is 157 Å². The van der Waals surface area contributed by atoms with Gasteiger partial charge in [-0.2, -0.15) is 10.5 Å². The van der Waals surface area contributed by atoms with E-state index in [0.717, 1.165) is 27.8 Å². The number of nitriles is 2. The van der Waals surface area contributed by atoms with Gasteiger partial charge in [0.2, 0.25) is 0 Å². The van der Waals surface area contributed by atoms with Crippen molar-refractivity contribution in [3.05, 3.63) is 94.0 Å². The van der Waals surface area contributed by atoms with Crippen LogP contribution >= 0.6 is 0 Å². The highest BCUT2D eigenvalue weighted by atomic mass is 16.1. The van der Waals surface area contributed by atoms with Gasteiger partial charge in [-0.15, -0.1) is 0 Å². The van der Waals surface area contributed by atoms with Crippen molar-refractivity contribution in [3.8, 4) is 35.1 Å². The minimum absolute atomic E-state index is 0.0781. The van der Waals surface area contributed by atoms with Crippen molar-refractivity contribution in [2.24, 2.45) is 0 Å². The first-order chi connectivity index (χ1) is 13.2. The lowest BCUT2D eigenvalue weighted by molar-refractivity contribution is 0.104. The summed E-state index contributed by atoms with van der Waals surface area (Å²) in [7, 11) is 0. The fourth-order valence-corrected chi connectivity index (χ4v) is 3.25. The summed E-state index contributed by atoms with van der Waals surface area (Å²) < 4.78 is 0. The molecule has 0 fully saturated rings. The van der Waals surface area contributed by atoms with Gasteiger partial charge >= 0.3 is 0 Å². The van der Waals surface area contributed by atoms with E-state index in [9.17, 15) is 4.79 Å². The number of ketones is 1. The molecule has 0 aliphatic heterocycles. The molecule has 0 unspecified atom stereocenters. The summed E-state index contributed by atoms with van der Waals surface area (Å²) in [5.41, 5.74) is 5.81. The molecule has 0 N–H and O–H groups in total. The van der Waals surface area contributed by atoms with Crippen LogP contribution in [0.1, 0.15) is 38.2 Å². The molecule has 0 saturated heterocycles. The second kappa shape index (κ2) is 6.64. The number of fused-ring (bicyclic) bond motifs is 3. The molecule has 124 valence electrons. The van der Waals surface area contributed by atoms with Crippen molar-refractivity contribution in [1.29, 1.82) is 10.5 Å². The van der Waals surface area contributed by atoms with Gasteiger partial charge in [-0.05, 0) is 47.0 Å². The maximum Gasteiger partial charge on any atom is 0.194 e. The Morgan fingerprint density at radius 3 is 2.11 bits per heavy atom. The average Bonchev–Trinajstić information content (AvgIpc) is 2.99. The molecule has 0 atom stereocenters. The largest absolute Gasteiger partial charge is 0.289 e. The zero-order valence-electron chi connectivity index (χ0n) is 14.3. The van der Waals surface area contributed by atoms with Crippen LogP contribution in [0, 0.1) is 34.5 Å². The summed E-state index contributed by atoms with van der Waals surface area (Å²) in [6, 6.07) is 22.5. The van der Waals surface area contributed by atoms with Crippen molar-refractivity contribution in [3.63, 3.8) is 0 Å². The molecule has 0 bridgehead atoms. The molecule has 0 spiro atoms. The van der Waals surface area contributed by atoms with E-state index in [1.807, 2.05) is 42.5 Å². The molecule has 0 aromatic heterocycles. The molecule has 4 rings (SSSR count). The van der Waals surface area contributed by atoms with E-state index < -0.39 is 0 Å². The van der Waals surface area contributed by atoms with Gasteiger partial charge in [0.25, 0.3) is 0 Å². The molecule has 3 nitrogen and oxygen atoms in total. The molecular weight excluding hydrogens is 332 g/mol. The topological polar surface area (TPSA) is 64.7 Å². The van der Waals surface area contributed by atoms with E-state index in [-0.39, 0.29) is 5.78 Å². The van der Waals surface area contributed by atoms with Crippen LogP contribution in [0.4, 0.5) is 0 Å². The lowest BCUT2D eigenvalue weighted by Gasteiger charge is -2.00. The fourth-order valence-electron chi connectivity index (χ4n) is 3.25. The second-order valence-electron chi connectivity index (χ2n) is 6.20. The van der Waals surface area contributed by atoms with Gasteiger partial charge in [0.15, 0.2) is 5.78 Å². The Bertz CT molecular complexity index is 1240. The molecule has 0 heterocycles. The Hall–Kier alpha value is -4.13. The number of benzene rings is 3. The van der Waals surface area contributed by atoms with Gasteiger partial charge in [0.1, 0.15) is 0 Å². The van der Waals surface area contributed by atoms with Gasteiger partial charge < -0.3 is 0 Å². The standard InChI is InChI=1S/C24H12N2O/c25-12-11-19-4-2-1-3-18(19)8-5-16-6-9-20-21-10-7-17(15-26)14-23(21)24(27)22(20)13-16/h1-4,6-7,9-10,13-14H,11H2. The molecule has 3 aromatic rings. The highest BCUT2D eigenvalue weighted by molar-refractivity contribution is 6.22. The van der Waals surface area contributed by atoms with Gasteiger partial charge in [0, 0.05) is 22.3 Å². The molecule has 3 heteroatoms. The molecule has 27 heavy (non-hydrogen) atoms. The predicted molar refractivity (Wildman–Crippen MR) is 102 cm³/mol. The predicted octanol–water partition coefficient (Wildman–Crippen LogP) is 4.24. The number of rotatable bonds is 1. The highest BCUT2D eigenvalue weighted by Gasteiger charge is 2.26. The van der Waals surface area contributed by atoms with Crippen LogP contribution in [0.5, 0.6) is 0 Å². The number of carbonyl (C=O) groups is 1. The lowest BCUT2D eigenvalue weighted by Crippen LogP contribution is -1.96. The van der Waals surface area contributed by atoms with Crippen LogP contribution in [-0.2, 0) is 6.42 Å². The molecule has 3 aromatic carbocycles. The summed E-state index contributed by atoms with van der Waals surface area (Å²) in [5.74, 6) is 6.12. The summed E-state index contributed by atoms with van der Waals surface area (Å²) >= 11 is 0. The quantitative estimate of drug-likeness (QED) is 0.485. The smallest absolute Gasteiger partial charge is 0.194 e. The first kappa shape index (κ1) is 16.3. The maximum absolute atomic E-state index is 12.7. The Morgan fingerprint density at radius 2 is 1.41 bits per heavy atom. The van der Waals surface area contributed by atoms with Crippen LogP contribution in [0.2, 0.25) is 0 Å². The van der Waals surface area contributed by atoms with Crippen molar-refractivity contribution in [2.45, 2.75) is 6.42 Å². The Morgan fingerprint density at radius 1 is 0.741 bits per heavy atom. The fraction of sp³-hybridized carbons (Fsp3) is 0.0417. The zero-order valence-corrected chi connectivity index (χ0v) is 14.3. The SMILES string of the molecule is N#CCc1ccccc1C#Cc1ccc2c(c1)C(=O)c1cc(C#N)ccc1-2. The van der Waals surface area contributed by atoms with E-state index in [0.29, 0.717) is 23.1 Å².